The Morgan fingerprint density at radius 1 is 0.922 bits per heavy atom. The Balaban J connectivity index is 0.000000307. The summed E-state index contributed by atoms with van der Waals surface area (Å²) in [4.78, 5) is 42.4. The fraction of sp³-hybridized carbons (Fsp3) is 0.364. The average molecular weight is 723 g/mol. The third kappa shape index (κ3) is 7.40. The minimum Gasteiger partial charge on any atom is -0.497 e. The number of nitrogens with zero attached hydrogens (tertiary/aromatic N) is 5. The van der Waals surface area contributed by atoms with Crippen molar-refractivity contribution >= 4 is 40.3 Å². The summed E-state index contributed by atoms with van der Waals surface area (Å²) in [5.74, 6) is -3.41. The lowest BCUT2D eigenvalue weighted by Gasteiger charge is -2.33. The molecule has 12 nitrogen and oxygen atoms in total. The number of carbonyl (C=O) groups excluding carboxylic acids is 1. The Morgan fingerprint density at radius 3 is 2.10 bits per heavy atom. The van der Waals surface area contributed by atoms with E-state index in [9.17, 15) is 31.1 Å². The predicted molar refractivity (Wildman–Crippen MR) is 172 cm³/mol. The van der Waals surface area contributed by atoms with Gasteiger partial charge >= 0.3 is 24.3 Å². The number of H-pyrrole nitrogens is 1. The van der Waals surface area contributed by atoms with E-state index in [-0.39, 0.29) is 11.8 Å². The number of alkyl halides is 6. The molecule has 1 spiro atoms. The number of hydrogen-bond acceptors (Lipinski definition) is 8. The summed E-state index contributed by atoms with van der Waals surface area (Å²) in [5, 5.41) is 23.2. The molecular formula is C33H32F6N6O6. The number of carboxylic acids is 2. The van der Waals surface area contributed by atoms with Crippen molar-refractivity contribution < 1.29 is 55.7 Å². The maximum atomic E-state index is 13.4. The van der Waals surface area contributed by atoms with Gasteiger partial charge in [-0.05, 0) is 61.0 Å². The fourth-order valence-electron chi connectivity index (χ4n) is 6.24. The molecule has 3 N–H and O–H groups in total. The Hall–Kier alpha value is -5.39. The SMILES string of the molecule is COc1ccc2c(c1)[C@]1(C[C@H]1c1ccc3c(-c4ccc(N5CCN(C)CC5)nc4)n[nH]c3c1)C(=O)N2C.O=C(O)C(F)(F)F.O=C(O)C(F)(F)F. The second-order valence-corrected chi connectivity index (χ2v) is 12.2. The molecule has 272 valence electrons. The zero-order valence-electron chi connectivity index (χ0n) is 27.3. The Kier molecular flexibility index (Phi) is 9.93. The van der Waals surface area contributed by atoms with E-state index in [0.717, 1.165) is 83.1 Å². The van der Waals surface area contributed by atoms with Crippen LogP contribution in [0.4, 0.5) is 37.8 Å². The summed E-state index contributed by atoms with van der Waals surface area (Å²) in [7, 11) is 5.69. The van der Waals surface area contributed by atoms with Crippen LogP contribution in [-0.4, -0.2) is 108 Å². The van der Waals surface area contributed by atoms with E-state index in [1.165, 1.54) is 0 Å². The molecule has 2 aromatic carbocycles. The molecule has 2 aliphatic heterocycles. The minimum atomic E-state index is -5.08. The van der Waals surface area contributed by atoms with Crippen LogP contribution in [0.25, 0.3) is 22.2 Å². The lowest BCUT2D eigenvalue weighted by atomic mass is 9.91. The zero-order valence-corrected chi connectivity index (χ0v) is 27.3. The van der Waals surface area contributed by atoms with Gasteiger partial charge in [0.05, 0.1) is 18.0 Å². The number of aliphatic carboxylic acids is 2. The van der Waals surface area contributed by atoms with Crippen molar-refractivity contribution in [3.8, 4) is 17.0 Å². The number of likely N-dealkylation sites (N-methyl/N-ethyl adjacent to an activating group) is 2. The monoisotopic (exact) mass is 722 g/mol. The van der Waals surface area contributed by atoms with Crippen molar-refractivity contribution in [2.75, 3.05) is 57.2 Å². The largest absolute Gasteiger partial charge is 0.497 e. The number of ether oxygens (including phenoxy) is 1. The van der Waals surface area contributed by atoms with Gasteiger partial charge in [0.25, 0.3) is 0 Å². The van der Waals surface area contributed by atoms with Gasteiger partial charge < -0.3 is 29.6 Å². The number of anilines is 2. The molecule has 0 radical (unpaired) electrons. The van der Waals surface area contributed by atoms with Crippen LogP contribution in [0.3, 0.4) is 0 Å². The lowest BCUT2D eigenvalue weighted by molar-refractivity contribution is -0.193. The Bertz CT molecular complexity index is 1920. The first-order chi connectivity index (χ1) is 23.9. The first-order valence-electron chi connectivity index (χ1n) is 15.3. The molecule has 2 aromatic heterocycles. The number of nitrogens with one attached hydrogen (secondary N) is 1. The third-order valence-corrected chi connectivity index (χ3v) is 9.02. The van der Waals surface area contributed by atoms with E-state index in [1.54, 1.807) is 12.0 Å². The summed E-state index contributed by atoms with van der Waals surface area (Å²) < 4.78 is 68.9. The maximum Gasteiger partial charge on any atom is 0.490 e. The van der Waals surface area contributed by atoms with Crippen LogP contribution >= 0.6 is 0 Å². The normalized spacial score (nSPS) is 19.9. The second kappa shape index (κ2) is 13.7. The van der Waals surface area contributed by atoms with Gasteiger partial charge in [-0.1, -0.05) is 12.1 Å². The van der Waals surface area contributed by atoms with Gasteiger partial charge in [0.1, 0.15) is 17.3 Å². The second-order valence-electron chi connectivity index (χ2n) is 12.2. The molecule has 0 bridgehead atoms. The van der Waals surface area contributed by atoms with Crippen LogP contribution in [0.1, 0.15) is 23.5 Å². The van der Waals surface area contributed by atoms with E-state index in [2.05, 4.69) is 57.4 Å². The summed E-state index contributed by atoms with van der Waals surface area (Å²) in [5.41, 5.74) is 5.57. The molecule has 4 aromatic rings. The molecular weight excluding hydrogens is 690 g/mol. The Labute approximate surface area is 286 Å². The molecule has 1 aliphatic carbocycles. The van der Waals surface area contributed by atoms with E-state index in [4.69, 9.17) is 29.5 Å². The molecule has 2 fully saturated rings. The van der Waals surface area contributed by atoms with Gasteiger partial charge in [-0.3, -0.25) is 9.89 Å². The minimum absolute atomic E-state index is 0.136. The van der Waals surface area contributed by atoms with E-state index in [1.807, 2.05) is 31.4 Å². The molecule has 1 amide bonds. The number of carbonyl (C=O) groups is 3. The van der Waals surface area contributed by atoms with Crippen LogP contribution in [0, 0.1) is 0 Å². The van der Waals surface area contributed by atoms with Crippen LogP contribution in [0.2, 0.25) is 0 Å². The van der Waals surface area contributed by atoms with Gasteiger partial charge in [0.2, 0.25) is 5.91 Å². The molecule has 2 atom stereocenters. The number of aromatic amines is 1. The highest BCUT2D eigenvalue weighted by molar-refractivity contribution is 6.11. The molecule has 3 aliphatic rings. The van der Waals surface area contributed by atoms with E-state index < -0.39 is 29.7 Å². The lowest BCUT2D eigenvalue weighted by Crippen LogP contribution is -2.44. The summed E-state index contributed by atoms with van der Waals surface area (Å²) in [6.07, 6.45) is -7.44. The topological polar surface area (TPSA) is 152 Å². The molecule has 18 heteroatoms. The van der Waals surface area contributed by atoms with Crippen molar-refractivity contribution in [2.24, 2.45) is 0 Å². The number of piperazine rings is 1. The molecule has 1 saturated heterocycles. The standard InChI is InChI=1S/C29H30N6O2.2C2HF3O2/c1-33-10-12-35(13-11-33)26-9-5-19(17-30-26)27-21-7-4-18(14-24(21)31-32-27)23-16-29(23)22-15-20(37-3)6-8-25(22)34(2)28(29)36;2*3-2(4,5)1(6)7/h4-9,14-15,17,23H,10-13,16H2,1-3H3,(H,31,32);2*(H,6,7)/t23-,29-;;/m0../s1. The third-order valence-electron chi connectivity index (χ3n) is 9.02. The van der Waals surface area contributed by atoms with Crippen LogP contribution in [0.15, 0.2) is 54.7 Å². The molecule has 0 unspecified atom stereocenters. The summed E-state index contributed by atoms with van der Waals surface area (Å²) >= 11 is 0. The van der Waals surface area contributed by atoms with E-state index in [0.29, 0.717) is 0 Å². The number of rotatable bonds is 4. The van der Waals surface area contributed by atoms with Crippen molar-refractivity contribution in [1.29, 1.82) is 0 Å². The number of methoxy groups -OCH3 is 1. The van der Waals surface area contributed by atoms with Gasteiger partial charge in [-0.15, -0.1) is 0 Å². The average Bonchev–Trinajstić information content (AvgIpc) is 3.65. The van der Waals surface area contributed by atoms with E-state index >= 15 is 0 Å². The maximum absolute atomic E-state index is 13.4. The molecule has 4 heterocycles. The predicted octanol–water partition coefficient (Wildman–Crippen LogP) is 5.05. The summed E-state index contributed by atoms with van der Waals surface area (Å²) in [6.45, 7) is 4.10. The number of amides is 1. The highest BCUT2D eigenvalue weighted by Gasteiger charge is 2.66. The van der Waals surface area contributed by atoms with Gasteiger partial charge in [0.15, 0.2) is 0 Å². The Morgan fingerprint density at radius 2 is 1.55 bits per heavy atom. The molecule has 51 heavy (non-hydrogen) atoms. The van der Waals surface area contributed by atoms with Gasteiger partial charge in [0, 0.05) is 62.0 Å². The number of aromatic nitrogens is 3. The quantitative estimate of drug-likeness (QED) is 0.244. The fourth-order valence-corrected chi connectivity index (χ4v) is 6.24. The molecule has 1 saturated carbocycles. The zero-order chi connectivity index (χ0) is 37.5. The van der Waals surface area contributed by atoms with Crippen LogP contribution in [-0.2, 0) is 19.8 Å². The van der Waals surface area contributed by atoms with Crippen molar-refractivity contribution in [3.05, 3.63) is 65.9 Å². The van der Waals surface area contributed by atoms with Crippen molar-refractivity contribution in [3.63, 3.8) is 0 Å². The van der Waals surface area contributed by atoms with Crippen LogP contribution < -0.4 is 14.5 Å². The number of pyridine rings is 1. The van der Waals surface area contributed by atoms with Crippen LogP contribution in [0.5, 0.6) is 5.75 Å². The number of hydrogen-bond donors (Lipinski definition) is 3. The summed E-state index contributed by atoms with van der Waals surface area (Å²) in [6, 6.07) is 16.6. The smallest absolute Gasteiger partial charge is 0.490 e. The number of fused-ring (bicyclic) bond motifs is 3. The van der Waals surface area contributed by atoms with Gasteiger partial charge in [-0.2, -0.15) is 31.4 Å². The number of benzene rings is 2. The van der Waals surface area contributed by atoms with Gasteiger partial charge in [-0.25, -0.2) is 14.6 Å². The number of carboxylic acid groups (broad SMARTS) is 2. The first-order valence-corrected chi connectivity index (χ1v) is 15.3. The number of halogens is 6. The molecule has 7 rings (SSSR count). The highest BCUT2D eigenvalue weighted by atomic mass is 19.4. The highest BCUT2D eigenvalue weighted by Crippen LogP contribution is 2.66. The van der Waals surface area contributed by atoms with Crippen molar-refractivity contribution in [2.45, 2.75) is 30.1 Å². The first kappa shape index (κ1) is 36.9. The van der Waals surface area contributed by atoms with Crippen molar-refractivity contribution in [1.82, 2.24) is 20.1 Å².